The van der Waals surface area contributed by atoms with Crippen LogP contribution in [0.2, 0.25) is 0 Å². The van der Waals surface area contributed by atoms with Crippen molar-refractivity contribution in [3.05, 3.63) is 58.5 Å². The molecule has 6 nitrogen and oxygen atoms in total. The van der Waals surface area contributed by atoms with Crippen molar-refractivity contribution < 1.29 is 4.79 Å². The van der Waals surface area contributed by atoms with Crippen LogP contribution in [0.25, 0.3) is 0 Å². The van der Waals surface area contributed by atoms with Crippen LogP contribution in [0.15, 0.2) is 47.4 Å². The Hall–Kier alpha value is -2.63. The second-order valence-corrected chi connectivity index (χ2v) is 7.48. The van der Waals surface area contributed by atoms with E-state index in [1.54, 1.807) is 19.3 Å². The summed E-state index contributed by atoms with van der Waals surface area (Å²) in [5.41, 5.74) is 1.20. The van der Waals surface area contributed by atoms with Crippen molar-refractivity contribution in [3.8, 4) is 0 Å². The third-order valence-electron chi connectivity index (χ3n) is 5.22. The number of nitrogens with zero attached hydrogens (tertiary/aromatic N) is 3. The van der Waals surface area contributed by atoms with Crippen LogP contribution in [0, 0.1) is 5.92 Å². The number of hydrogen-bond acceptors (Lipinski definition) is 4. The van der Waals surface area contributed by atoms with E-state index in [2.05, 4.69) is 15.3 Å². The lowest BCUT2D eigenvalue weighted by molar-refractivity contribution is -0.125. The number of rotatable bonds is 5. The largest absolute Gasteiger partial charge is 0.370 e. The minimum Gasteiger partial charge on any atom is -0.370 e. The summed E-state index contributed by atoms with van der Waals surface area (Å²) in [5, 5.41) is 7.19. The van der Waals surface area contributed by atoms with Gasteiger partial charge < -0.3 is 10.2 Å². The Morgan fingerprint density at radius 1 is 1.31 bits per heavy atom. The van der Waals surface area contributed by atoms with Gasteiger partial charge >= 0.3 is 0 Å². The Bertz CT molecular complexity index is 829. The van der Waals surface area contributed by atoms with Crippen molar-refractivity contribution in [2.75, 3.05) is 24.5 Å². The molecule has 3 rings (SSSR count). The second-order valence-electron chi connectivity index (χ2n) is 7.48. The summed E-state index contributed by atoms with van der Waals surface area (Å²) >= 11 is 0. The Balaban J connectivity index is 1.57. The number of aryl methyl sites for hydroxylation is 1. The molecule has 0 unspecified atom stereocenters. The van der Waals surface area contributed by atoms with Gasteiger partial charge in [0.25, 0.3) is 5.56 Å². The van der Waals surface area contributed by atoms with Gasteiger partial charge in [-0.2, -0.15) is 5.10 Å². The molecule has 1 saturated heterocycles. The fourth-order valence-corrected chi connectivity index (χ4v) is 3.31. The summed E-state index contributed by atoms with van der Waals surface area (Å²) < 4.78 is 1.32. The third-order valence-corrected chi connectivity index (χ3v) is 5.22. The quantitative estimate of drug-likeness (QED) is 0.887. The number of amides is 1. The molecule has 2 aromatic rings. The summed E-state index contributed by atoms with van der Waals surface area (Å²) in [6, 6.07) is 11.5. The highest BCUT2D eigenvalue weighted by atomic mass is 16.2. The Kier molecular flexibility index (Phi) is 5.11. The van der Waals surface area contributed by atoms with E-state index in [1.165, 1.54) is 4.68 Å². The van der Waals surface area contributed by atoms with Crippen LogP contribution in [-0.4, -0.2) is 35.3 Å². The summed E-state index contributed by atoms with van der Waals surface area (Å²) in [6.07, 6.45) is 2.71. The van der Waals surface area contributed by atoms with Crippen molar-refractivity contribution in [2.24, 2.45) is 13.0 Å². The first-order valence-electron chi connectivity index (χ1n) is 9.00. The number of nitrogens with one attached hydrogen (secondary N) is 1. The zero-order valence-corrected chi connectivity index (χ0v) is 15.6. The standard InChI is InChI=1S/C20H26N4O2/c1-20(2,16-7-5-4-6-8-16)19(26)21-12-15-9-10-24(14-15)17-11-18(25)23(3)22-13-17/h4-8,11,13,15H,9-10,12,14H2,1-3H3,(H,21,26)/t15-/m1/s1. The lowest BCUT2D eigenvalue weighted by Crippen LogP contribution is -2.42. The van der Waals surface area contributed by atoms with E-state index < -0.39 is 5.41 Å². The SMILES string of the molecule is Cn1ncc(N2CC[C@H](CNC(=O)C(C)(C)c3ccccc3)C2)cc1=O. The molecule has 138 valence electrons. The minimum absolute atomic E-state index is 0.0393. The molecule has 0 bridgehead atoms. The van der Waals surface area contributed by atoms with Crippen LogP contribution in [-0.2, 0) is 17.3 Å². The lowest BCUT2D eigenvalue weighted by Gasteiger charge is -2.25. The molecule has 26 heavy (non-hydrogen) atoms. The third kappa shape index (κ3) is 3.79. The van der Waals surface area contributed by atoms with Gasteiger partial charge in [-0.05, 0) is 31.7 Å². The highest BCUT2D eigenvalue weighted by Crippen LogP contribution is 2.24. The smallest absolute Gasteiger partial charge is 0.268 e. The van der Waals surface area contributed by atoms with Crippen LogP contribution >= 0.6 is 0 Å². The average Bonchev–Trinajstić information content (AvgIpc) is 3.11. The van der Waals surface area contributed by atoms with Crippen LogP contribution in [0.5, 0.6) is 0 Å². The summed E-state index contributed by atoms with van der Waals surface area (Å²) in [4.78, 5) is 26.6. The molecule has 1 aliphatic heterocycles. The molecule has 0 saturated carbocycles. The molecule has 1 atom stereocenters. The first-order chi connectivity index (χ1) is 12.4. The van der Waals surface area contributed by atoms with Crippen molar-refractivity contribution in [3.63, 3.8) is 0 Å². The number of carbonyl (C=O) groups excluding carboxylic acids is 1. The average molecular weight is 354 g/mol. The molecule has 1 amide bonds. The zero-order valence-electron chi connectivity index (χ0n) is 15.6. The monoisotopic (exact) mass is 354 g/mol. The topological polar surface area (TPSA) is 67.2 Å². The highest BCUT2D eigenvalue weighted by Gasteiger charge is 2.31. The van der Waals surface area contributed by atoms with Crippen molar-refractivity contribution >= 4 is 11.6 Å². The molecule has 1 N–H and O–H groups in total. The number of hydrogen-bond donors (Lipinski definition) is 1. The molecule has 1 aliphatic rings. The summed E-state index contributed by atoms with van der Waals surface area (Å²) in [5.74, 6) is 0.409. The summed E-state index contributed by atoms with van der Waals surface area (Å²) in [7, 11) is 1.64. The van der Waals surface area contributed by atoms with E-state index in [-0.39, 0.29) is 11.5 Å². The van der Waals surface area contributed by atoms with E-state index in [0.29, 0.717) is 12.5 Å². The first kappa shape index (κ1) is 18.2. The van der Waals surface area contributed by atoms with Gasteiger partial charge in [0.05, 0.1) is 17.3 Å². The fourth-order valence-electron chi connectivity index (χ4n) is 3.31. The molecule has 6 heteroatoms. The fraction of sp³-hybridized carbons (Fsp3) is 0.450. The normalized spacial score (nSPS) is 17.3. The molecule has 0 aliphatic carbocycles. The molecular formula is C20H26N4O2. The maximum Gasteiger partial charge on any atom is 0.268 e. The Morgan fingerprint density at radius 3 is 2.73 bits per heavy atom. The van der Waals surface area contributed by atoms with Gasteiger partial charge in [-0.3, -0.25) is 9.59 Å². The van der Waals surface area contributed by atoms with Gasteiger partial charge in [0.2, 0.25) is 5.91 Å². The highest BCUT2D eigenvalue weighted by molar-refractivity contribution is 5.87. The number of carbonyl (C=O) groups is 1. The van der Waals surface area contributed by atoms with Crippen LogP contribution in [0.4, 0.5) is 5.69 Å². The molecule has 0 spiro atoms. The molecule has 0 radical (unpaired) electrons. The van der Waals surface area contributed by atoms with Crippen LogP contribution in [0.3, 0.4) is 0 Å². The first-order valence-corrected chi connectivity index (χ1v) is 9.00. The molecular weight excluding hydrogens is 328 g/mol. The molecule has 2 heterocycles. The van der Waals surface area contributed by atoms with E-state index in [4.69, 9.17) is 0 Å². The van der Waals surface area contributed by atoms with E-state index >= 15 is 0 Å². The van der Waals surface area contributed by atoms with Gasteiger partial charge in [-0.1, -0.05) is 30.3 Å². The van der Waals surface area contributed by atoms with Gasteiger partial charge in [-0.15, -0.1) is 0 Å². The predicted octanol–water partition coefficient (Wildman–Crippen LogP) is 1.70. The van der Waals surface area contributed by atoms with Crippen molar-refractivity contribution in [1.29, 1.82) is 0 Å². The second kappa shape index (κ2) is 7.32. The van der Waals surface area contributed by atoms with Crippen molar-refractivity contribution in [2.45, 2.75) is 25.7 Å². The number of anilines is 1. The molecule has 1 aromatic heterocycles. The number of aromatic nitrogens is 2. The maximum atomic E-state index is 12.7. The van der Waals surface area contributed by atoms with E-state index in [1.807, 2.05) is 44.2 Å². The van der Waals surface area contributed by atoms with Crippen molar-refractivity contribution in [1.82, 2.24) is 15.1 Å². The van der Waals surface area contributed by atoms with Gasteiger partial charge in [0.15, 0.2) is 0 Å². The Morgan fingerprint density at radius 2 is 2.04 bits per heavy atom. The summed E-state index contributed by atoms with van der Waals surface area (Å²) in [6.45, 7) is 6.23. The van der Waals surface area contributed by atoms with Crippen LogP contribution < -0.4 is 15.8 Å². The van der Waals surface area contributed by atoms with Gasteiger partial charge in [-0.25, -0.2) is 4.68 Å². The zero-order chi connectivity index (χ0) is 18.7. The van der Waals surface area contributed by atoms with E-state index in [9.17, 15) is 9.59 Å². The predicted molar refractivity (Wildman–Crippen MR) is 102 cm³/mol. The maximum absolute atomic E-state index is 12.7. The van der Waals surface area contributed by atoms with Crippen LogP contribution in [0.1, 0.15) is 25.8 Å². The molecule has 1 fully saturated rings. The molecule has 1 aromatic carbocycles. The Labute approximate surface area is 153 Å². The minimum atomic E-state index is -0.560. The number of benzene rings is 1. The van der Waals surface area contributed by atoms with E-state index in [0.717, 1.165) is 30.8 Å². The lowest BCUT2D eigenvalue weighted by atomic mass is 9.83. The van der Waals surface area contributed by atoms with Gasteiger partial charge in [0, 0.05) is 32.7 Å². The van der Waals surface area contributed by atoms with Gasteiger partial charge in [0.1, 0.15) is 0 Å².